The highest BCUT2D eigenvalue weighted by Gasteiger charge is 2.27. The number of carboxylic acids is 1. The van der Waals surface area contributed by atoms with Gasteiger partial charge in [0, 0.05) is 23.8 Å². The number of halogens is 1. The number of rotatable bonds is 9. The monoisotopic (exact) mass is 413 g/mol. The maximum absolute atomic E-state index is 12.7. The molecule has 0 bridgehead atoms. The summed E-state index contributed by atoms with van der Waals surface area (Å²) >= 11 is 5.89. The van der Waals surface area contributed by atoms with Crippen molar-refractivity contribution in [2.24, 2.45) is 0 Å². The fourth-order valence-corrected chi connectivity index (χ4v) is 3.31. The largest absolute Gasteiger partial charge is 0.497 e. The van der Waals surface area contributed by atoms with Crippen molar-refractivity contribution in [2.45, 2.75) is 25.2 Å². The van der Waals surface area contributed by atoms with E-state index in [0.717, 1.165) is 23.3 Å². The van der Waals surface area contributed by atoms with Crippen LogP contribution < -0.4 is 4.74 Å². The van der Waals surface area contributed by atoms with E-state index < -0.39 is 11.9 Å². The Balaban J connectivity index is 1.81. The van der Waals surface area contributed by atoms with Gasteiger partial charge < -0.3 is 14.3 Å². The highest BCUT2D eigenvalue weighted by molar-refractivity contribution is 6.30. The third kappa shape index (κ3) is 5.45. The summed E-state index contributed by atoms with van der Waals surface area (Å²) in [6, 6.07) is 14.5. The minimum absolute atomic E-state index is 0.0291. The third-order valence-corrected chi connectivity index (χ3v) is 4.85. The first-order valence-corrected chi connectivity index (χ1v) is 9.39. The number of carbonyl (C=O) groups is 2. The summed E-state index contributed by atoms with van der Waals surface area (Å²) in [5.74, 6) is -0.734. The van der Waals surface area contributed by atoms with E-state index in [-0.39, 0.29) is 30.1 Å². The van der Waals surface area contributed by atoms with E-state index >= 15 is 0 Å². The first-order chi connectivity index (χ1) is 14.0. The minimum Gasteiger partial charge on any atom is -0.497 e. The highest BCUT2D eigenvalue weighted by atomic mass is 35.5. The van der Waals surface area contributed by atoms with Gasteiger partial charge in [-0.2, -0.15) is 0 Å². The molecule has 1 heterocycles. The lowest BCUT2D eigenvalue weighted by atomic mass is 9.89. The van der Waals surface area contributed by atoms with Gasteiger partial charge in [0.25, 0.3) is 0 Å². The van der Waals surface area contributed by atoms with Crippen molar-refractivity contribution in [2.75, 3.05) is 7.11 Å². The molecule has 0 saturated heterocycles. The lowest BCUT2D eigenvalue weighted by Crippen LogP contribution is -2.14. The van der Waals surface area contributed by atoms with E-state index in [0.29, 0.717) is 11.4 Å². The molecule has 0 radical (unpaired) electrons. The zero-order chi connectivity index (χ0) is 20.8. The van der Waals surface area contributed by atoms with Crippen LogP contribution in [0.2, 0.25) is 5.02 Å². The topological polar surface area (TPSA) is 89.6 Å². The van der Waals surface area contributed by atoms with E-state index in [9.17, 15) is 14.7 Å². The SMILES string of the molecule is COc1ccc(CC(CC(=O)Cc2ccc(Cl)cc2)c2ocnc2C(=O)O)cc1. The molecule has 29 heavy (non-hydrogen) atoms. The molecule has 1 atom stereocenters. The van der Waals surface area contributed by atoms with Crippen molar-refractivity contribution in [1.82, 2.24) is 4.98 Å². The van der Waals surface area contributed by atoms with Crippen molar-refractivity contribution in [3.63, 3.8) is 0 Å². The number of aromatic nitrogens is 1. The van der Waals surface area contributed by atoms with Crippen molar-refractivity contribution in [3.05, 3.63) is 82.5 Å². The van der Waals surface area contributed by atoms with Gasteiger partial charge >= 0.3 is 5.97 Å². The Morgan fingerprint density at radius 3 is 2.38 bits per heavy atom. The minimum atomic E-state index is -1.18. The maximum atomic E-state index is 12.7. The van der Waals surface area contributed by atoms with E-state index in [1.54, 1.807) is 31.4 Å². The third-order valence-electron chi connectivity index (χ3n) is 4.60. The van der Waals surface area contributed by atoms with Gasteiger partial charge in [-0.25, -0.2) is 9.78 Å². The first-order valence-electron chi connectivity index (χ1n) is 9.02. The molecule has 1 N–H and O–H groups in total. The molecular weight excluding hydrogens is 394 g/mol. The van der Waals surface area contributed by atoms with E-state index in [1.807, 2.05) is 24.3 Å². The van der Waals surface area contributed by atoms with Crippen LogP contribution in [0, 0.1) is 0 Å². The predicted octanol–water partition coefficient (Wildman–Crippen LogP) is 4.56. The second-order valence-electron chi connectivity index (χ2n) is 6.67. The fraction of sp³-hybridized carbons (Fsp3) is 0.227. The average molecular weight is 414 g/mol. The Hall–Kier alpha value is -3.12. The van der Waals surface area contributed by atoms with Crippen LogP contribution in [0.5, 0.6) is 5.75 Å². The molecule has 6 nitrogen and oxygen atoms in total. The molecule has 150 valence electrons. The van der Waals surface area contributed by atoms with Gasteiger partial charge in [0.05, 0.1) is 7.11 Å². The Labute approximate surface area is 173 Å². The van der Waals surface area contributed by atoms with Gasteiger partial charge in [0.15, 0.2) is 12.1 Å². The molecule has 3 rings (SSSR count). The lowest BCUT2D eigenvalue weighted by Gasteiger charge is -2.15. The van der Waals surface area contributed by atoms with Crippen molar-refractivity contribution >= 4 is 23.4 Å². The number of oxazole rings is 1. The summed E-state index contributed by atoms with van der Waals surface area (Å²) in [6.07, 6.45) is 1.90. The van der Waals surface area contributed by atoms with Gasteiger partial charge in [-0.1, -0.05) is 35.9 Å². The second-order valence-corrected chi connectivity index (χ2v) is 7.10. The molecule has 0 aliphatic carbocycles. The zero-order valence-electron chi connectivity index (χ0n) is 15.8. The summed E-state index contributed by atoms with van der Waals surface area (Å²) in [6.45, 7) is 0. The Bertz CT molecular complexity index is 979. The van der Waals surface area contributed by atoms with Gasteiger partial charge in [-0.05, 0) is 41.8 Å². The molecule has 1 aromatic heterocycles. The lowest BCUT2D eigenvalue weighted by molar-refractivity contribution is -0.118. The molecule has 7 heteroatoms. The second kappa shape index (κ2) is 9.39. The zero-order valence-corrected chi connectivity index (χ0v) is 16.6. The summed E-state index contributed by atoms with van der Waals surface area (Å²) in [4.78, 5) is 28.0. The van der Waals surface area contributed by atoms with E-state index in [1.165, 1.54) is 0 Å². The summed E-state index contributed by atoms with van der Waals surface area (Å²) in [5.41, 5.74) is 1.62. The Morgan fingerprint density at radius 1 is 1.10 bits per heavy atom. The van der Waals surface area contributed by atoms with Crippen LogP contribution in [0.4, 0.5) is 0 Å². The standard InChI is InChI=1S/C22H20ClNO5/c1-28-19-8-4-14(5-9-19)10-16(21-20(22(26)27)24-13-29-21)12-18(25)11-15-2-6-17(23)7-3-15/h2-9,13,16H,10-12H2,1H3,(H,26,27). The molecule has 1 unspecified atom stereocenters. The summed E-state index contributed by atoms with van der Waals surface area (Å²) in [7, 11) is 1.58. The number of ether oxygens (including phenoxy) is 1. The van der Waals surface area contributed by atoms with Crippen LogP contribution >= 0.6 is 11.6 Å². The molecule has 0 amide bonds. The number of nitrogens with zero attached hydrogens (tertiary/aromatic N) is 1. The van der Waals surface area contributed by atoms with Gasteiger partial charge in [0.2, 0.25) is 0 Å². The van der Waals surface area contributed by atoms with Crippen LogP contribution in [0.3, 0.4) is 0 Å². The quantitative estimate of drug-likeness (QED) is 0.553. The number of benzene rings is 2. The molecule has 2 aromatic carbocycles. The maximum Gasteiger partial charge on any atom is 0.358 e. The number of hydrogen-bond donors (Lipinski definition) is 1. The normalized spacial score (nSPS) is 11.8. The van der Waals surface area contributed by atoms with Crippen LogP contribution in [-0.4, -0.2) is 29.0 Å². The molecule has 0 aliphatic rings. The van der Waals surface area contributed by atoms with E-state index in [4.69, 9.17) is 20.8 Å². The number of carboxylic acid groups (broad SMARTS) is 1. The number of methoxy groups -OCH3 is 1. The van der Waals surface area contributed by atoms with Gasteiger partial charge in [-0.3, -0.25) is 4.79 Å². The summed E-state index contributed by atoms with van der Waals surface area (Å²) in [5, 5.41) is 10.00. The molecule has 0 fully saturated rings. The molecule has 3 aromatic rings. The molecule has 0 spiro atoms. The highest BCUT2D eigenvalue weighted by Crippen LogP contribution is 2.29. The smallest absolute Gasteiger partial charge is 0.358 e. The van der Waals surface area contributed by atoms with Crippen molar-refractivity contribution in [3.8, 4) is 5.75 Å². The first kappa shape index (κ1) is 20.6. The molecule has 0 aliphatic heterocycles. The molecule has 0 saturated carbocycles. The summed E-state index contributed by atoms with van der Waals surface area (Å²) < 4.78 is 10.6. The van der Waals surface area contributed by atoms with Gasteiger partial charge in [-0.15, -0.1) is 0 Å². The van der Waals surface area contributed by atoms with Crippen molar-refractivity contribution in [1.29, 1.82) is 0 Å². The van der Waals surface area contributed by atoms with Gasteiger partial charge in [0.1, 0.15) is 17.3 Å². The number of ketones is 1. The number of Topliss-reactive ketones (excluding diaryl/α,β-unsaturated/α-hetero) is 1. The van der Waals surface area contributed by atoms with Crippen LogP contribution in [0.15, 0.2) is 59.3 Å². The molecular formula is C22H20ClNO5. The van der Waals surface area contributed by atoms with Crippen molar-refractivity contribution < 1.29 is 23.8 Å². The Morgan fingerprint density at radius 2 is 1.76 bits per heavy atom. The average Bonchev–Trinajstić information content (AvgIpc) is 3.20. The fourth-order valence-electron chi connectivity index (χ4n) is 3.19. The van der Waals surface area contributed by atoms with Crippen LogP contribution in [0.1, 0.15) is 39.7 Å². The number of aromatic carboxylic acids is 1. The van der Waals surface area contributed by atoms with E-state index in [2.05, 4.69) is 4.98 Å². The number of hydrogen-bond acceptors (Lipinski definition) is 5. The predicted molar refractivity (Wildman–Crippen MR) is 108 cm³/mol. The number of carbonyl (C=O) groups excluding carboxylic acids is 1. The van der Waals surface area contributed by atoms with Crippen LogP contribution in [-0.2, 0) is 17.6 Å². The Kier molecular flexibility index (Phi) is 6.67. The van der Waals surface area contributed by atoms with Crippen LogP contribution in [0.25, 0.3) is 0 Å².